The van der Waals surface area contributed by atoms with Crippen LogP contribution in [0, 0.1) is 0 Å². The van der Waals surface area contributed by atoms with Gasteiger partial charge >= 0.3 is 17.9 Å². The fourth-order valence-electron chi connectivity index (χ4n) is 10.4. The van der Waals surface area contributed by atoms with Crippen LogP contribution in [0.2, 0.25) is 0 Å². The Balaban J connectivity index is 4.18. The maximum absolute atomic E-state index is 12.9. The van der Waals surface area contributed by atoms with Crippen molar-refractivity contribution in [2.45, 2.75) is 367 Å². The minimum Gasteiger partial charge on any atom is -0.462 e. The van der Waals surface area contributed by atoms with Crippen molar-refractivity contribution in [3.63, 3.8) is 0 Å². The van der Waals surface area contributed by atoms with Crippen molar-refractivity contribution >= 4 is 17.9 Å². The molecule has 0 spiro atoms. The predicted molar refractivity (Wildman–Crippen MR) is 358 cm³/mol. The number of hydrogen-bond donors (Lipinski definition) is 0. The molecule has 0 amide bonds. The molecule has 474 valence electrons. The first-order valence-corrected chi connectivity index (χ1v) is 35.6. The van der Waals surface area contributed by atoms with Gasteiger partial charge < -0.3 is 14.2 Å². The molecule has 1 atom stereocenters. The fourth-order valence-corrected chi connectivity index (χ4v) is 10.4. The van der Waals surface area contributed by atoms with Crippen molar-refractivity contribution in [1.82, 2.24) is 0 Å². The molecule has 0 rings (SSSR count). The normalized spacial score (nSPS) is 12.6. The third-order valence-electron chi connectivity index (χ3n) is 15.6. The Kier molecular flexibility index (Phi) is 67.2. The lowest BCUT2D eigenvalue weighted by molar-refractivity contribution is -0.166. The van der Waals surface area contributed by atoms with Crippen LogP contribution >= 0.6 is 0 Å². The van der Waals surface area contributed by atoms with Crippen molar-refractivity contribution in [3.05, 3.63) is 85.1 Å². The maximum Gasteiger partial charge on any atom is 0.306 e. The number of unbranched alkanes of at least 4 members (excludes halogenated alkanes) is 40. The van der Waals surface area contributed by atoms with E-state index in [1.54, 1.807) is 0 Å². The summed E-state index contributed by atoms with van der Waals surface area (Å²) in [5.74, 6) is -0.960. The SMILES string of the molecule is CC/C=C\C/C=C\C/C=C\C/C=C\CCC(=O)OCC(COC(=O)CCCCCCCCCCCCCCCCCCCC/C=C\C/C=C\C/C=C\CCCCCCC)OC(=O)CCCCCCCCCCCCCCCCCCCC. The van der Waals surface area contributed by atoms with Crippen LogP contribution in [0.1, 0.15) is 361 Å². The van der Waals surface area contributed by atoms with Gasteiger partial charge in [-0.15, -0.1) is 0 Å². The second kappa shape index (κ2) is 70.1. The molecule has 0 aromatic rings. The third kappa shape index (κ3) is 67.4. The van der Waals surface area contributed by atoms with E-state index >= 15 is 0 Å². The topological polar surface area (TPSA) is 78.9 Å². The van der Waals surface area contributed by atoms with Gasteiger partial charge in [0.15, 0.2) is 6.10 Å². The lowest BCUT2D eigenvalue weighted by Crippen LogP contribution is -2.30. The Morgan fingerprint density at radius 2 is 0.500 bits per heavy atom. The van der Waals surface area contributed by atoms with Gasteiger partial charge in [-0.3, -0.25) is 14.4 Å². The van der Waals surface area contributed by atoms with Gasteiger partial charge in [0.25, 0.3) is 0 Å². The van der Waals surface area contributed by atoms with Gasteiger partial charge in [-0.25, -0.2) is 0 Å². The monoisotopic (exact) mass is 1140 g/mol. The number of hydrogen-bond acceptors (Lipinski definition) is 6. The summed E-state index contributed by atoms with van der Waals surface area (Å²) in [4.78, 5) is 38.3. The Bertz CT molecular complexity index is 1550. The Morgan fingerprint density at radius 1 is 0.256 bits per heavy atom. The van der Waals surface area contributed by atoms with Gasteiger partial charge in [0, 0.05) is 19.3 Å². The highest BCUT2D eigenvalue weighted by molar-refractivity contribution is 5.71. The van der Waals surface area contributed by atoms with E-state index in [0.717, 1.165) is 77.0 Å². The summed E-state index contributed by atoms with van der Waals surface area (Å²) >= 11 is 0. The maximum atomic E-state index is 12.9. The molecule has 0 aromatic carbocycles. The van der Waals surface area contributed by atoms with Crippen molar-refractivity contribution < 1.29 is 28.6 Å². The molecule has 0 N–H and O–H groups in total. The summed E-state index contributed by atoms with van der Waals surface area (Å²) in [5, 5.41) is 0. The van der Waals surface area contributed by atoms with E-state index < -0.39 is 6.10 Å². The minimum atomic E-state index is -0.803. The molecular weight excluding hydrogens is 1010 g/mol. The van der Waals surface area contributed by atoms with Crippen LogP contribution in [-0.4, -0.2) is 37.2 Å². The van der Waals surface area contributed by atoms with E-state index in [-0.39, 0.29) is 37.5 Å². The van der Waals surface area contributed by atoms with E-state index in [2.05, 4.69) is 99.8 Å². The molecule has 0 aliphatic rings. The van der Waals surface area contributed by atoms with E-state index in [1.165, 1.54) is 238 Å². The van der Waals surface area contributed by atoms with Crippen molar-refractivity contribution in [1.29, 1.82) is 0 Å². The number of rotatable bonds is 65. The first-order chi connectivity index (χ1) is 40.5. The van der Waals surface area contributed by atoms with Gasteiger partial charge in [0.2, 0.25) is 0 Å². The summed E-state index contributed by atoms with van der Waals surface area (Å²) in [6.07, 6.45) is 93.6. The molecule has 1 unspecified atom stereocenters. The highest BCUT2D eigenvalue weighted by Crippen LogP contribution is 2.18. The zero-order valence-electron chi connectivity index (χ0n) is 54.5. The summed E-state index contributed by atoms with van der Waals surface area (Å²) in [5.41, 5.74) is 0. The van der Waals surface area contributed by atoms with Crippen LogP contribution in [0.5, 0.6) is 0 Å². The Morgan fingerprint density at radius 3 is 0.817 bits per heavy atom. The smallest absolute Gasteiger partial charge is 0.306 e. The first kappa shape index (κ1) is 78.6. The number of allylic oxidation sites excluding steroid dienone is 14. The Hall–Kier alpha value is -3.41. The first-order valence-electron chi connectivity index (χ1n) is 35.6. The number of esters is 3. The lowest BCUT2D eigenvalue weighted by Gasteiger charge is -2.18. The molecular formula is C76H134O6. The van der Waals surface area contributed by atoms with Crippen LogP contribution in [0.3, 0.4) is 0 Å². The molecule has 6 heteroatoms. The molecule has 0 saturated carbocycles. The van der Waals surface area contributed by atoms with Crippen LogP contribution < -0.4 is 0 Å². The lowest BCUT2D eigenvalue weighted by atomic mass is 10.0. The molecule has 0 bridgehead atoms. The number of carbonyl (C=O) groups is 3. The molecule has 0 saturated heterocycles. The number of carbonyl (C=O) groups excluding carboxylic acids is 3. The van der Waals surface area contributed by atoms with Crippen LogP contribution in [-0.2, 0) is 28.6 Å². The van der Waals surface area contributed by atoms with Gasteiger partial charge in [-0.05, 0) is 83.5 Å². The van der Waals surface area contributed by atoms with E-state index in [4.69, 9.17) is 14.2 Å². The summed E-state index contributed by atoms with van der Waals surface area (Å²) in [6.45, 7) is 6.50. The van der Waals surface area contributed by atoms with E-state index in [0.29, 0.717) is 19.3 Å². The zero-order valence-corrected chi connectivity index (χ0v) is 54.5. The molecule has 0 aliphatic carbocycles. The molecule has 0 heterocycles. The molecule has 82 heavy (non-hydrogen) atoms. The van der Waals surface area contributed by atoms with Crippen LogP contribution in [0.15, 0.2) is 85.1 Å². The summed E-state index contributed by atoms with van der Waals surface area (Å²) < 4.78 is 16.9. The van der Waals surface area contributed by atoms with Crippen molar-refractivity contribution in [2.75, 3.05) is 13.2 Å². The Labute approximate surface area is 509 Å². The average molecular weight is 1140 g/mol. The molecule has 0 aliphatic heterocycles. The second-order valence-electron chi connectivity index (χ2n) is 23.8. The molecule has 0 radical (unpaired) electrons. The van der Waals surface area contributed by atoms with Gasteiger partial charge in [0.1, 0.15) is 13.2 Å². The summed E-state index contributed by atoms with van der Waals surface area (Å²) in [6, 6.07) is 0. The van der Waals surface area contributed by atoms with E-state index in [9.17, 15) is 14.4 Å². The second-order valence-corrected chi connectivity index (χ2v) is 23.8. The van der Waals surface area contributed by atoms with Gasteiger partial charge in [-0.2, -0.15) is 0 Å². The van der Waals surface area contributed by atoms with Crippen LogP contribution in [0.25, 0.3) is 0 Å². The third-order valence-corrected chi connectivity index (χ3v) is 15.6. The zero-order chi connectivity index (χ0) is 59.2. The largest absolute Gasteiger partial charge is 0.462 e. The van der Waals surface area contributed by atoms with Crippen molar-refractivity contribution in [2.24, 2.45) is 0 Å². The minimum absolute atomic E-state index is 0.0939. The predicted octanol–water partition coefficient (Wildman–Crippen LogP) is 24.6. The van der Waals surface area contributed by atoms with Gasteiger partial charge in [0.05, 0.1) is 0 Å². The average Bonchev–Trinajstić information content (AvgIpc) is 3.47. The quantitative estimate of drug-likeness (QED) is 0.0261. The molecule has 0 aromatic heterocycles. The number of ether oxygens (including phenoxy) is 3. The standard InChI is InChI=1S/C76H134O6/c1-4-7-10-13-16-19-22-25-27-29-31-32-33-34-35-36-37-38-39-40-41-42-43-44-45-47-48-51-54-57-60-63-66-69-75(78)81-72-73(71-80-74(77)68-65-62-59-56-53-50-24-21-18-15-12-9-6-3)82-76(79)70-67-64-61-58-55-52-49-46-30-28-26-23-20-17-14-11-8-5-2/h9,12,18,21-22,25,29,31,33-34,50,53,59,62,73H,4-8,10-11,13-17,19-20,23-24,26-28,30,32,35-49,51-52,54-58,60-61,63-72H2,1-3H3/b12-9-,21-18-,25-22-,31-29-,34-33-,53-50-,62-59-. The fraction of sp³-hybridized carbons (Fsp3) is 0.776. The molecule has 0 fully saturated rings. The van der Waals surface area contributed by atoms with Gasteiger partial charge in [-0.1, -0.05) is 343 Å². The van der Waals surface area contributed by atoms with E-state index in [1.807, 2.05) is 6.08 Å². The highest BCUT2D eigenvalue weighted by atomic mass is 16.6. The molecule has 6 nitrogen and oxygen atoms in total. The highest BCUT2D eigenvalue weighted by Gasteiger charge is 2.19. The van der Waals surface area contributed by atoms with Crippen molar-refractivity contribution in [3.8, 4) is 0 Å². The van der Waals surface area contributed by atoms with Crippen LogP contribution in [0.4, 0.5) is 0 Å². The summed E-state index contributed by atoms with van der Waals surface area (Å²) in [7, 11) is 0.